The third-order valence-electron chi connectivity index (χ3n) is 3.99. The smallest absolute Gasteiger partial charge is 0.0891 e. The van der Waals surface area contributed by atoms with Gasteiger partial charge in [-0.3, -0.25) is 0 Å². The quantitative estimate of drug-likeness (QED) is 0.789. The molecule has 2 saturated heterocycles. The Labute approximate surface area is 113 Å². The van der Waals surface area contributed by atoms with E-state index in [4.69, 9.17) is 22.7 Å². The Kier molecular flexibility index (Phi) is 4.69. The zero-order chi connectivity index (χ0) is 12.3. The van der Waals surface area contributed by atoms with Crippen molar-refractivity contribution in [1.82, 2.24) is 4.90 Å². The summed E-state index contributed by atoms with van der Waals surface area (Å²) in [4.78, 5) is 3.18. The lowest BCUT2D eigenvalue weighted by Gasteiger charge is -2.40. The molecule has 0 aliphatic carbocycles. The van der Waals surface area contributed by atoms with Crippen molar-refractivity contribution in [3.05, 3.63) is 0 Å². The van der Waals surface area contributed by atoms with E-state index in [0.717, 1.165) is 39.1 Å². The van der Waals surface area contributed by atoms with Crippen LogP contribution in [0.5, 0.6) is 0 Å². The van der Waals surface area contributed by atoms with Crippen molar-refractivity contribution < 1.29 is 4.74 Å². The van der Waals surface area contributed by atoms with Gasteiger partial charge in [0.05, 0.1) is 15.8 Å². The van der Waals surface area contributed by atoms with E-state index >= 15 is 0 Å². The van der Waals surface area contributed by atoms with Gasteiger partial charge in [-0.05, 0) is 45.0 Å². The maximum atomic E-state index is 5.89. The Balaban J connectivity index is 1.82. The number of thiocarbonyl (C=S) groups is 1. The van der Waals surface area contributed by atoms with Crippen LogP contribution in [-0.2, 0) is 4.74 Å². The van der Waals surface area contributed by atoms with Gasteiger partial charge in [-0.25, -0.2) is 0 Å². The van der Waals surface area contributed by atoms with Crippen LogP contribution in [-0.4, -0.2) is 53.2 Å². The molecule has 2 aliphatic heterocycles. The van der Waals surface area contributed by atoms with Crippen molar-refractivity contribution in [2.24, 2.45) is 5.73 Å². The highest BCUT2D eigenvalue weighted by Gasteiger charge is 2.37. The van der Waals surface area contributed by atoms with Gasteiger partial charge in [-0.2, -0.15) is 11.8 Å². The van der Waals surface area contributed by atoms with Gasteiger partial charge in [0.15, 0.2) is 0 Å². The first-order valence-corrected chi connectivity index (χ1v) is 7.98. The van der Waals surface area contributed by atoms with Crippen LogP contribution in [0.2, 0.25) is 0 Å². The van der Waals surface area contributed by atoms with E-state index in [9.17, 15) is 0 Å². The minimum Gasteiger partial charge on any atom is -0.392 e. The number of piperidine rings is 1. The number of likely N-dealkylation sites (tertiary alicyclic amines) is 1. The molecule has 1 atom stereocenters. The van der Waals surface area contributed by atoms with Gasteiger partial charge >= 0.3 is 0 Å². The van der Waals surface area contributed by atoms with Gasteiger partial charge < -0.3 is 15.4 Å². The normalized spacial score (nSPS) is 29.4. The summed E-state index contributed by atoms with van der Waals surface area (Å²) in [5.74, 6) is 0. The zero-order valence-corrected chi connectivity index (χ0v) is 12.1. The van der Waals surface area contributed by atoms with Crippen LogP contribution in [0.15, 0.2) is 0 Å². The molecule has 0 amide bonds. The van der Waals surface area contributed by atoms with Crippen molar-refractivity contribution in [3.63, 3.8) is 0 Å². The summed E-state index contributed by atoms with van der Waals surface area (Å²) in [5, 5.41) is 0. The number of hydrogen-bond donors (Lipinski definition) is 1. The van der Waals surface area contributed by atoms with E-state index in [1.165, 1.54) is 12.8 Å². The van der Waals surface area contributed by atoms with Crippen molar-refractivity contribution in [1.29, 1.82) is 0 Å². The fourth-order valence-corrected chi connectivity index (χ4v) is 3.97. The monoisotopic (exact) mass is 274 g/mol. The van der Waals surface area contributed by atoms with Gasteiger partial charge in [0.25, 0.3) is 0 Å². The van der Waals surface area contributed by atoms with Crippen molar-refractivity contribution in [2.45, 2.75) is 36.5 Å². The number of nitrogens with two attached hydrogens (primary N) is 1. The minimum atomic E-state index is 0.0440. The second-order valence-electron chi connectivity index (χ2n) is 5.00. The summed E-state index contributed by atoms with van der Waals surface area (Å²) >= 11 is 7.04. The zero-order valence-electron chi connectivity index (χ0n) is 10.5. The summed E-state index contributed by atoms with van der Waals surface area (Å²) in [6, 6.07) is 0. The van der Waals surface area contributed by atoms with Gasteiger partial charge in [-0.1, -0.05) is 12.2 Å². The van der Waals surface area contributed by atoms with Gasteiger partial charge in [-0.15, -0.1) is 0 Å². The molecule has 2 rings (SSSR count). The Morgan fingerprint density at radius 2 is 2.24 bits per heavy atom. The van der Waals surface area contributed by atoms with Crippen LogP contribution in [0.25, 0.3) is 0 Å². The van der Waals surface area contributed by atoms with Crippen LogP contribution < -0.4 is 5.73 Å². The molecule has 0 aromatic carbocycles. The van der Waals surface area contributed by atoms with Crippen LogP contribution in [0.4, 0.5) is 0 Å². The van der Waals surface area contributed by atoms with Gasteiger partial charge in [0, 0.05) is 13.2 Å². The SMILES string of the molecule is CSC1(C(N)=S)CCN(CC2CCCO2)CC1. The number of ether oxygens (including phenoxy) is 1. The highest BCUT2D eigenvalue weighted by molar-refractivity contribution is 8.02. The van der Waals surface area contributed by atoms with E-state index in [1.54, 1.807) is 0 Å². The highest BCUT2D eigenvalue weighted by Crippen LogP contribution is 2.35. The molecule has 17 heavy (non-hydrogen) atoms. The Hall–Kier alpha value is 0.160. The molecule has 0 aromatic heterocycles. The first-order valence-electron chi connectivity index (χ1n) is 6.35. The maximum absolute atomic E-state index is 5.89. The number of rotatable bonds is 4. The van der Waals surface area contributed by atoms with Crippen LogP contribution >= 0.6 is 24.0 Å². The largest absolute Gasteiger partial charge is 0.392 e. The summed E-state index contributed by atoms with van der Waals surface area (Å²) in [6.45, 7) is 4.22. The molecule has 0 spiro atoms. The number of thioether (sulfide) groups is 1. The molecule has 2 fully saturated rings. The summed E-state index contributed by atoms with van der Waals surface area (Å²) < 4.78 is 5.73. The summed E-state index contributed by atoms with van der Waals surface area (Å²) in [7, 11) is 0. The van der Waals surface area contributed by atoms with Crippen LogP contribution in [0.1, 0.15) is 25.7 Å². The fourth-order valence-electron chi connectivity index (χ4n) is 2.72. The topological polar surface area (TPSA) is 38.5 Å². The highest BCUT2D eigenvalue weighted by atomic mass is 32.2. The average molecular weight is 274 g/mol. The van der Waals surface area contributed by atoms with Crippen LogP contribution in [0, 0.1) is 0 Å². The molecule has 2 aliphatic rings. The molecule has 2 heterocycles. The lowest BCUT2D eigenvalue weighted by atomic mass is 9.95. The summed E-state index contributed by atoms with van der Waals surface area (Å²) in [6.07, 6.45) is 7.18. The third kappa shape index (κ3) is 3.13. The molecular formula is C12H22N2OS2. The standard InChI is InChI=1S/C12H22N2OS2/c1-17-12(11(13)16)4-6-14(7-5-12)9-10-3-2-8-15-10/h10H,2-9H2,1H3,(H2,13,16). The molecule has 0 aromatic rings. The van der Waals surface area contributed by atoms with Gasteiger partial charge in [0.1, 0.15) is 0 Å². The van der Waals surface area contributed by atoms with E-state index in [-0.39, 0.29) is 4.75 Å². The Morgan fingerprint density at radius 3 is 2.71 bits per heavy atom. The molecule has 2 N–H and O–H groups in total. The maximum Gasteiger partial charge on any atom is 0.0891 e. The Morgan fingerprint density at radius 1 is 1.53 bits per heavy atom. The van der Waals surface area contributed by atoms with E-state index < -0.39 is 0 Å². The van der Waals surface area contributed by atoms with Crippen molar-refractivity contribution in [2.75, 3.05) is 32.5 Å². The molecule has 0 saturated carbocycles. The number of nitrogens with zero attached hydrogens (tertiary/aromatic N) is 1. The predicted molar refractivity (Wildman–Crippen MR) is 77.7 cm³/mol. The third-order valence-corrected chi connectivity index (χ3v) is 5.92. The lowest BCUT2D eigenvalue weighted by molar-refractivity contribution is 0.0655. The molecule has 0 radical (unpaired) electrons. The van der Waals surface area contributed by atoms with Gasteiger partial charge in [0.2, 0.25) is 0 Å². The van der Waals surface area contributed by atoms with Crippen molar-refractivity contribution in [3.8, 4) is 0 Å². The fraction of sp³-hybridized carbons (Fsp3) is 0.917. The van der Waals surface area contributed by atoms with Crippen LogP contribution in [0.3, 0.4) is 0 Å². The molecule has 98 valence electrons. The second kappa shape index (κ2) is 5.87. The predicted octanol–water partition coefficient (Wildman–Crippen LogP) is 1.65. The van der Waals surface area contributed by atoms with Crippen molar-refractivity contribution >= 4 is 29.0 Å². The second-order valence-corrected chi connectivity index (χ2v) is 6.63. The first kappa shape index (κ1) is 13.6. The molecule has 1 unspecified atom stereocenters. The molecule has 3 nitrogen and oxygen atoms in total. The van der Waals surface area contributed by atoms with E-state index in [0.29, 0.717) is 11.1 Å². The molecule has 0 bridgehead atoms. The van der Waals surface area contributed by atoms with E-state index in [1.807, 2.05) is 11.8 Å². The van der Waals surface area contributed by atoms with E-state index in [2.05, 4.69) is 11.2 Å². The molecule has 5 heteroatoms. The molecular weight excluding hydrogens is 252 g/mol. The number of hydrogen-bond acceptors (Lipinski definition) is 4. The summed E-state index contributed by atoms with van der Waals surface area (Å²) in [5.41, 5.74) is 5.89. The minimum absolute atomic E-state index is 0.0440. The first-order chi connectivity index (χ1) is 8.16. The Bertz CT molecular complexity index is 272. The lowest BCUT2D eigenvalue weighted by Crippen LogP contribution is -2.50. The average Bonchev–Trinajstić information content (AvgIpc) is 2.83.